The topological polar surface area (TPSA) is 126 Å². The van der Waals surface area contributed by atoms with Crippen molar-refractivity contribution in [2.24, 2.45) is 0 Å². The van der Waals surface area contributed by atoms with Crippen LogP contribution in [0.5, 0.6) is 0 Å². The van der Waals surface area contributed by atoms with Crippen LogP contribution in [0.1, 0.15) is 49.1 Å². The second kappa shape index (κ2) is 14.9. The second-order valence-corrected chi connectivity index (χ2v) is 10.3. The largest absolute Gasteiger partial charge is 2.00 e. The first-order valence-corrected chi connectivity index (χ1v) is 12.4. The van der Waals surface area contributed by atoms with Crippen molar-refractivity contribution in [1.29, 1.82) is 0 Å². The van der Waals surface area contributed by atoms with Crippen molar-refractivity contribution in [3.05, 3.63) is 69.7 Å². The molecule has 0 aliphatic rings. The van der Waals surface area contributed by atoms with Crippen LogP contribution in [0.15, 0.2) is 48.5 Å². The number of hydrogen-bond donors (Lipinski definition) is 0. The average Bonchev–Trinajstić information content (AvgIpc) is 2.58. The summed E-state index contributed by atoms with van der Waals surface area (Å²) < 4.78 is 21.8. The van der Waals surface area contributed by atoms with Crippen LogP contribution in [0.2, 0.25) is 10.0 Å². The van der Waals surface area contributed by atoms with Crippen LogP contribution in [0.25, 0.3) is 0 Å². The molecule has 0 amide bonds. The van der Waals surface area contributed by atoms with Crippen molar-refractivity contribution >= 4 is 84.5 Å². The predicted octanol–water partition coefficient (Wildman–Crippen LogP) is 2.65. The smallest absolute Gasteiger partial charge is 0.810 e. The zero-order chi connectivity index (χ0) is 21.5. The van der Waals surface area contributed by atoms with Crippen LogP contribution in [-0.4, -0.2) is 46.1 Å². The van der Waals surface area contributed by atoms with Gasteiger partial charge < -0.3 is 28.7 Å². The van der Waals surface area contributed by atoms with E-state index in [2.05, 4.69) is 0 Å². The van der Waals surface area contributed by atoms with Crippen molar-refractivity contribution in [2.75, 3.05) is 0 Å². The maximum Gasteiger partial charge on any atom is 2.00 e. The monoisotopic (exact) mass is 512 g/mol. The Labute approximate surface area is 219 Å². The number of rotatable bonds is 6. The van der Waals surface area contributed by atoms with Crippen LogP contribution in [0.4, 0.5) is 0 Å². The summed E-state index contributed by atoms with van der Waals surface area (Å²) in [6.07, 6.45) is 0.567. The molecular weight excluding hydrogens is 494 g/mol. The van der Waals surface area contributed by atoms with E-state index in [1.807, 2.05) is 0 Å². The van der Waals surface area contributed by atoms with E-state index in [9.17, 15) is 28.7 Å². The SMILES string of the molecule is CCC(c1ccc(Cl)cc1)P(=O)([O-])[O-].CCC(c1ccc(Cl)cc1)P(=O)([O-])[O-].[Mg+2].[Mg+2]. The molecule has 2 unspecified atom stereocenters. The third-order valence-corrected chi connectivity index (χ3v) is 7.40. The molecule has 0 bridgehead atoms. The molecule has 0 radical (unpaired) electrons. The summed E-state index contributed by atoms with van der Waals surface area (Å²) in [6, 6.07) is 12.6. The summed E-state index contributed by atoms with van der Waals surface area (Å²) in [4.78, 5) is 43.5. The Morgan fingerprint density at radius 2 is 0.900 bits per heavy atom. The van der Waals surface area contributed by atoms with E-state index < -0.39 is 26.5 Å². The molecule has 2 rings (SSSR count). The first-order valence-electron chi connectivity index (χ1n) is 8.44. The maximum atomic E-state index is 10.9. The standard InChI is InChI=1S/2C9H12ClO3P.2Mg/c2*1-2-9(14(11,12)13)7-3-5-8(10)6-4-7;;/h2*3-6,9H,2H2,1H3,(H2,11,12,13);;/q;;2*+2/p-4. The Morgan fingerprint density at radius 1 is 0.667 bits per heavy atom. The third-order valence-electron chi connectivity index (χ3n) is 4.05. The van der Waals surface area contributed by atoms with Crippen LogP contribution in [-0.2, 0) is 9.13 Å². The first-order chi connectivity index (χ1) is 12.9. The van der Waals surface area contributed by atoms with Gasteiger partial charge in [-0.1, -0.05) is 76.5 Å². The van der Waals surface area contributed by atoms with Gasteiger partial charge in [0.2, 0.25) is 0 Å². The Hall–Kier alpha value is 0.852. The zero-order valence-electron chi connectivity index (χ0n) is 16.7. The van der Waals surface area contributed by atoms with Gasteiger partial charge in [0.05, 0.1) is 0 Å². The normalized spacial score (nSPS) is 13.1. The second-order valence-electron chi connectivity index (χ2n) is 6.03. The molecule has 0 aromatic heterocycles. The summed E-state index contributed by atoms with van der Waals surface area (Å²) in [7, 11) is -9.11. The molecule has 30 heavy (non-hydrogen) atoms. The van der Waals surface area contributed by atoms with Crippen LogP contribution >= 0.6 is 38.4 Å². The van der Waals surface area contributed by atoms with Crippen molar-refractivity contribution in [3.63, 3.8) is 0 Å². The van der Waals surface area contributed by atoms with Crippen molar-refractivity contribution in [2.45, 2.75) is 38.0 Å². The fraction of sp³-hybridized carbons (Fsp3) is 0.333. The quantitative estimate of drug-likeness (QED) is 0.432. The molecule has 0 heterocycles. The first kappa shape index (κ1) is 33.0. The fourth-order valence-corrected chi connectivity index (χ4v) is 4.87. The van der Waals surface area contributed by atoms with Crippen molar-refractivity contribution in [3.8, 4) is 0 Å². The summed E-state index contributed by atoms with van der Waals surface area (Å²) >= 11 is 11.3. The van der Waals surface area contributed by atoms with Gasteiger partial charge in [0.15, 0.2) is 0 Å². The Bertz CT molecular complexity index is 769. The van der Waals surface area contributed by atoms with Crippen molar-refractivity contribution < 1.29 is 28.7 Å². The maximum absolute atomic E-state index is 10.9. The number of benzene rings is 2. The Morgan fingerprint density at radius 3 is 1.07 bits per heavy atom. The predicted molar refractivity (Wildman–Crippen MR) is 116 cm³/mol. The molecule has 0 aliphatic carbocycles. The van der Waals surface area contributed by atoms with E-state index in [-0.39, 0.29) is 58.9 Å². The van der Waals surface area contributed by atoms with Gasteiger partial charge in [-0.25, -0.2) is 0 Å². The van der Waals surface area contributed by atoms with E-state index in [4.69, 9.17) is 23.2 Å². The number of halogens is 2. The van der Waals surface area contributed by atoms with Gasteiger partial charge in [0.1, 0.15) is 0 Å². The van der Waals surface area contributed by atoms with E-state index in [1.165, 1.54) is 0 Å². The van der Waals surface area contributed by atoms with Gasteiger partial charge >= 0.3 is 46.1 Å². The average molecular weight is 514 g/mol. The zero-order valence-corrected chi connectivity index (χ0v) is 22.8. The minimum absolute atomic E-state index is 0. The molecule has 12 heteroatoms. The summed E-state index contributed by atoms with van der Waals surface area (Å²) in [6.45, 7) is 3.34. The molecule has 0 spiro atoms. The van der Waals surface area contributed by atoms with E-state index in [1.54, 1.807) is 62.4 Å². The molecule has 0 saturated heterocycles. The van der Waals surface area contributed by atoms with E-state index >= 15 is 0 Å². The van der Waals surface area contributed by atoms with E-state index in [0.717, 1.165) is 0 Å². The minimum atomic E-state index is -4.56. The van der Waals surface area contributed by atoms with Crippen molar-refractivity contribution in [1.82, 2.24) is 0 Å². The van der Waals surface area contributed by atoms with Crippen LogP contribution in [0, 0.1) is 0 Å². The van der Waals surface area contributed by atoms with Crippen LogP contribution < -0.4 is 19.6 Å². The number of hydrogen-bond acceptors (Lipinski definition) is 6. The molecule has 0 saturated carbocycles. The van der Waals surface area contributed by atoms with Gasteiger partial charge in [-0.3, -0.25) is 0 Å². The third kappa shape index (κ3) is 11.1. The molecule has 156 valence electrons. The van der Waals surface area contributed by atoms with E-state index in [0.29, 0.717) is 21.2 Å². The molecule has 2 aromatic rings. The van der Waals surface area contributed by atoms with Gasteiger partial charge in [0.25, 0.3) is 0 Å². The van der Waals surface area contributed by atoms with Gasteiger partial charge in [-0.05, 0) is 48.2 Å². The molecule has 0 fully saturated rings. The molecule has 6 nitrogen and oxygen atoms in total. The summed E-state index contributed by atoms with van der Waals surface area (Å²) in [5.41, 5.74) is -0.880. The summed E-state index contributed by atoms with van der Waals surface area (Å²) in [5, 5.41) is 1.05. The van der Waals surface area contributed by atoms with Gasteiger partial charge in [-0.2, -0.15) is 0 Å². The Kier molecular flexibility index (Phi) is 16.4. The van der Waals surface area contributed by atoms with Crippen LogP contribution in [0.3, 0.4) is 0 Å². The fourth-order valence-electron chi connectivity index (χ4n) is 2.65. The van der Waals surface area contributed by atoms with Gasteiger partial charge in [-0.15, -0.1) is 0 Å². The Balaban J connectivity index is 0. The molecule has 0 N–H and O–H groups in total. The molecule has 2 aromatic carbocycles. The molecular formula is C18H20Cl2Mg2O6P2. The summed E-state index contributed by atoms with van der Waals surface area (Å²) in [5.74, 6) is 0. The minimum Gasteiger partial charge on any atom is -0.810 e. The van der Waals surface area contributed by atoms with Gasteiger partial charge in [0, 0.05) is 21.4 Å². The molecule has 0 aliphatic heterocycles. The molecule has 2 atom stereocenters.